The normalized spacial score (nSPS) is 15.4. The first-order chi connectivity index (χ1) is 12.5. The van der Waals surface area contributed by atoms with E-state index in [2.05, 4.69) is 32.6 Å². The van der Waals surface area contributed by atoms with Crippen LogP contribution in [0.15, 0.2) is 16.9 Å². The molecule has 0 unspecified atom stereocenters. The number of piperidine rings is 1. The van der Waals surface area contributed by atoms with Crippen LogP contribution in [0.2, 0.25) is 0 Å². The molecule has 2 aromatic rings. The quantitative estimate of drug-likeness (QED) is 0.513. The number of fused-ring (bicyclic) bond motifs is 1. The molecule has 0 bridgehead atoms. The van der Waals surface area contributed by atoms with Gasteiger partial charge in [0.05, 0.1) is 22.4 Å². The Morgan fingerprint density at radius 2 is 2.15 bits per heavy atom. The highest BCUT2D eigenvalue weighted by atomic mass is 127. The van der Waals surface area contributed by atoms with E-state index >= 15 is 0 Å². The van der Waals surface area contributed by atoms with E-state index < -0.39 is 11.4 Å². The van der Waals surface area contributed by atoms with E-state index in [0.717, 1.165) is 25.9 Å². The first-order valence-corrected chi connectivity index (χ1v) is 10.3. The van der Waals surface area contributed by atoms with Crippen molar-refractivity contribution >= 4 is 51.0 Å². The van der Waals surface area contributed by atoms with Crippen LogP contribution in [0.3, 0.4) is 0 Å². The lowest BCUT2D eigenvalue weighted by Gasteiger charge is -2.31. The van der Waals surface area contributed by atoms with Crippen LogP contribution in [0.1, 0.15) is 18.7 Å². The Kier molecular flexibility index (Phi) is 6.33. The van der Waals surface area contributed by atoms with E-state index in [4.69, 9.17) is 16.3 Å². The molecule has 1 N–H and O–H groups in total. The van der Waals surface area contributed by atoms with Crippen molar-refractivity contribution in [3.05, 3.63) is 34.1 Å². The predicted molar refractivity (Wildman–Crippen MR) is 106 cm³/mol. The molecule has 1 fully saturated rings. The summed E-state index contributed by atoms with van der Waals surface area (Å²) in [5, 5.41) is -0.100. The molecule has 0 atom stereocenters. The van der Waals surface area contributed by atoms with E-state index in [0.29, 0.717) is 22.7 Å². The van der Waals surface area contributed by atoms with Crippen molar-refractivity contribution in [1.82, 2.24) is 14.9 Å². The summed E-state index contributed by atoms with van der Waals surface area (Å²) in [6.07, 6.45) is 1.71. The van der Waals surface area contributed by atoms with Crippen LogP contribution in [0.25, 0.3) is 10.9 Å². The van der Waals surface area contributed by atoms with Gasteiger partial charge in [0.25, 0.3) is 5.56 Å². The number of benzene rings is 1. The van der Waals surface area contributed by atoms with Crippen LogP contribution in [-0.4, -0.2) is 44.9 Å². The maximum atomic E-state index is 14.3. The molecule has 1 aromatic heterocycles. The number of aromatic nitrogens is 2. The minimum atomic E-state index is -0.671. The number of hydrogen-bond donors (Lipinski definition) is 1. The third-order valence-electron chi connectivity index (χ3n) is 4.48. The fourth-order valence-electron chi connectivity index (χ4n) is 3.04. The molecule has 0 radical (unpaired) electrons. The standard InChI is InChI=1S/C17H18ClFIN3O3/c18-7-14-21-13-6-11(5-12(19)16(13)17(25)22-14)26-9-10-1-3-23(4-2-10)15(24)8-20/h5-6,10H,1-4,7-9H2,(H,21,22,25). The lowest BCUT2D eigenvalue weighted by atomic mass is 9.98. The number of amides is 1. The molecule has 140 valence electrons. The summed E-state index contributed by atoms with van der Waals surface area (Å²) >= 11 is 7.77. The first kappa shape index (κ1) is 19.3. The zero-order valence-electron chi connectivity index (χ0n) is 13.9. The Labute approximate surface area is 168 Å². The summed E-state index contributed by atoms with van der Waals surface area (Å²) in [4.78, 5) is 32.1. The molecule has 0 saturated carbocycles. The van der Waals surface area contributed by atoms with Gasteiger partial charge in [-0.2, -0.15) is 0 Å². The fourth-order valence-corrected chi connectivity index (χ4v) is 3.65. The Balaban J connectivity index is 1.68. The van der Waals surface area contributed by atoms with Crippen molar-refractivity contribution in [3.63, 3.8) is 0 Å². The van der Waals surface area contributed by atoms with Gasteiger partial charge in [-0.15, -0.1) is 11.6 Å². The van der Waals surface area contributed by atoms with Gasteiger partial charge in [-0.05, 0) is 18.8 Å². The smallest absolute Gasteiger partial charge is 0.261 e. The van der Waals surface area contributed by atoms with Gasteiger partial charge in [0.15, 0.2) is 0 Å². The van der Waals surface area contributed by atoms with Crippen LogP contribution in [0.4, 0.5) is 4.39 Å². The number of nitrogens with zero attached hydrogens (tertiary/aromatic N) is 2. The molecule has 0 aliphatic carbocycles. The molecule has 2 heterocycles. The number of rotatable bonds is 5. The Morgan fingerprint density at radius 1 is 1.42 bits per heavy atom. The summed E-state index contributed by atoms with van der Waals surface area (Å²) < 4.78 is 20.5. The molecule has 9 heteroatoms. The highest BCUT2D eigenvalue weighted by Crippen LogP contribution is 2.24. The predicted octanol–water partition coefficient (Wildman–Crippen LogP) is 2.85. The van der Waals surface area contributed by atoms with Crippen molar-refractivity contribution in [2.24, 2.45) is 5.92 Å². The molecule has 1 amide bonds. The highest BCUT2D eigenvalue weighted by molar-refractivity contribution is 14.1. The zero-order valence-corrected chi connectivity index (χ0v) is 16.8. The molecule has 26 heavy (non-hydrogen) atoms. The van der Waals surface area contributed by atoms with E-state index in [1.165, 1.54) is 6.07 Å². The van der Waals surface area contributed by atoms with Gasteiger partial charge in [0, 0.05) is 25.2 Å². The zero-order chi connectivity index (χ0) is 18.7. The fraction of sp³-hybridized carbons (Fsp3) is 0.471. The maximum absolute atomic E-state index is 14.3. The third-order valence-corrected chi connectivity index (χ3v) is 5.38. The van der Waals surface area contributed by atoms with E-state index in [-0.39, 0.29) is 28.5 Å². The number of hydrogen-bond acceptors (Lipinski definition) is 4. The second-order valence-corrected chi connectivity index (χ2v) is 7.24. The molecular weight excluding hydrogens is 476 g/mol. The van der Waals surface area contributed by atoms with Crippen molar-refractivity contribution in [3.8, 4) is 5.75 Å². The van der Waals surface area contributed by atoms with Gasteiger partial charge >= 0.3 is 0 Å². The molecule has 1 aliphatic rings. The van der Waals surface area contributed by atoms with Crippen LogP contribution in [-0.2, 0) is 10.7 Å². The first-order valence-electron chi connectivity index (χ1n) is 8.26. The van der Waals surface area contributed by atoms with E-state index in [9.17, 15) is 14.0 Å². The highest BCUT2D eigenvalue weighted by Gasteiger charge is 2.22. The summed E-state index contributed by atoms with van der Waals surface area (Å²) in [6, 6.07) is 2.76. The Morgan fingerprint density at radius 3 is 2.81 bits per heavy atom. The lowest BCUT2D eigenvalue weighted by molar-refractivity contribution is -0.129. The van der Waals surface area contributed by atoms with Gasteiger partial charge in [-0.25, -0.2) is 9.37 Å². The number of ether oxygens (including phenoxy) is 1. The van der Waals surface area contributed by atoms with Gasteiger partial charge < -0.3 is 14.6 Å². The summed E-state index contributed by atoms with van der Waals surface area (Å²) in [7, 11) is 0. The number of carbonyl (C=O) groups excluding carboxylic acids is 1. The van der Waals surface area contributed by atoms with Crippen LogP contribution in [0, 0.1) is 11.7 Å². The third kappa shape index (κ3) is 4.28. The average molecular weight is 494 g/mol. The van der Waals surface area contributed by atoms with E-state index in [1.807, 2.05) is 4.90 Å². The van der Waals surface area contributed by atoms with Gasteiger partial charge in [0.2, 0.25) is 5.91 Å². The molecule has 1 aliphatic heterocycles. The second kappa shape index (κ2) is 8.51. The number of carbonyl (C=O) groups is 1. The number of alkyl halides is 2. The number of aromatic amines is 1. The summed E-state index contributed by atoms with van der Waals surface area (Å²) in [5.74, 6) is 0.444. The van der Waals surface area contributed by atoms with Crippen molar-refractivity contribution in [2.75, 3.05) is 24.1 Å². The van der Waals surface area contributed by atoms with Gasteiger partial charge in [0.1, 0.15) is 22.8 Å². The van der Waals surface area contributed by atoms with Gasteiger partial charge in [-0.3, -0.25) is 9.59 Å². The van der Waals surface area contributed by atoms with Crippen molar-refractivity contribution < 1.29 is 13.9 Å². The summed E-state index contributed by atoms with van der Waals surface area (Å²) in [5.41, 5.74) is -0.330. The maximum Gasteiger partial charge on any atom is 0.261 e. The molecule has 6 nitrogen and oxygen atoms in total. The van der Waals surface area contributed by atoms with Crippen molar-refractivity contribution in [2.45, 2.75) is 18.7 Å². The van der Waals surface area contributed by atoms with Crippen LogP contribution in [0.5, 0.6) is 5.75 Å². The molecule has 1 aromatic carbocycles. The summed E-state index contributed by atoms with van der Waals surface area (Å²) in [6.45, 7) is 1.87. The molecule has 1 saturated heterocycles. The Bertz CT molecular complexity index is 868. The van der Waals surface area contributed by atoms with Crippen LogP contribution < -0.4 is 10.3 Å². The van der Waals surface area contributed by atoms with Gasteiger partial charge in [-0.1, -0.05) is 22.6 Å². The number of nitrogens with one attached hydrogen (secondary N) is 1. The topological polar surface area (TPSA) is 75.3 Å². The lowest BCUT2D eigenvalue weighted by Crippen LogP contribution is -2.40. The van der Waals surface area contributed by atoms with Crippen LogP contribution >= 0.6 is 34.2 Å². The SMILES string of the molecule is O=C(CI)N1CCC(COc2cc(F)c3c(=O)[nH]c(CCl)nc3c2)CC1. The number of likely N-dealkylation sites (tertiary alicyclic amines) is 1. The Hall–Kier alpha value is -1.42. The second-order valence-electron chi connectivity index (χ2n) is 6.21. The number of H-pyrrole nitrogens is 1. The molecule has 0 spiro atoms. The average Bonchev–Trinajstić information content (AvgIpc) is 2.65. The minimum Gasteiger partial charge on any atom is -0.493 e. The largest absolute Gasteiger partial charge is 0.493 e. The monoisotopic (exact) mass is 493 g/mol. The number of halogens is 3. The van der Waals surface area contributed by atoms with Crippen molar-refractivity contribution in [1.29, 1.82) is 0 Å². The molecule has 3 rings (SSSR count). The molecular formula is C17H18ClFIN3O3. The minimum absolute atomic E-state index is 0.0341. The van der Waals surface area contributed by atoms with E-state index in [1.54, 1.807) is 6.07 Å².